The van der Waals surface area contributed by atoms with Gasteiger partial charge in [0, 0.05) is 23.6 Å². The third-order valence-electron chi connectivity index (χ3n) is 8.22. The molecule has 1 aliphatic carbocycles. The molecule has 0 radical (unpaired) electrons. The van der Waals surface area contributed by atoms with Crippen LogP contribution in [0, 0.1) is 11.2 Å². The Labute approximate surface area is 239 Å². The van der Waals surface area contributed by atoms with Crippen LogP contribution >= 0.6 is 0 Å². The minimum atomic E-state index is -0.991. The molecular formula is C33H35FN2O5. The molecule has 1 amide bonds. The van der Waals surface area contributed by atoms with E-state index in [1.807, 2.05) is 12.1 Å². The molecule has 0 fully saturated rings. The molecule has 0 spiro atoms. The Kier molecular flexibility index (Phi) is 7.87. The second kappa shape index (κ2) is 11.4. The number of hydrogen-bond acceptors (Lipinski definition) is 5. The molecule has 0 bridgehead atoms. The van der Waals surface area contributed by atoms with E-state index in [9.17, 15) is 14.7 Å². The molecule has 2 unspecified atom stereocenters. The van der Waals surface area contributed by atoms with Gasteiger partial charge in [0.2, 0.25) is 0 Å². The van der Waals surface area contributed by atoms with Crippen LogP contribution in [-0.2, 0) is 11.4 Å². The first-order valence-corrected chi connectivity index (χ1v) is 13.8. The maximum atomic E-state index is 15.1. The number of carbonyl (C=O) groups excluding carboxylic acids is 1. The van der Waals surface area contributed by atoms with Gasteiger partial charge in [0.05, 0.1) is 7.11 Å². The topological polar surface area (TPSA) is 96.9 Å². The second-order valence-corrected chi connectivity index (χ2v) is 11.2. The van der Waals surface area contributed by atoms with Crippen molar-refractivity contribution in [2.45, 2.75) is 45.3 Å². The van der Waals surface area contributed by atoms with Crippen LogP contribution in [0.25, 0.3) is 16.7 Å². The highest BCUT2D eigenvalue weighted by atomic mass is 19.1. The number of aliphatic carboxylic acids is 1. The summed E-state index contributed by atoms with van der Waals surface area (Å²) in [5, 5.41) is 15.3. The van der Waals surface area contributed by atoms with Gasteiger partial charge in [0.1, 0.15) is 30.0 Å². The van der Waals surface area contributed by atoms with Gasteiger partial charge >= 0.3 is 5.97 Å². The number of amides is 1. The summed E-state index contributed by atoms with van der Waals surface area (Å²) in [5.41, 5.74) is 5.32. The summed E-state index contributed by atoms with van der Waals surface area (Å²) in [6, 6.07) is 15.0. The summed E-state index contributed by atoms with van der Waals surface area (Å²) in [6.45, 7) is 4.86. The molecule has 5 rings (SSSR count). The van der Waals surface area contributed by atoms with Crippen molar-refractivity contribution in [3.63, 3.8) is 0 Å². The van der Waals surface area contributed by atoms with Crippen LogP contribution in [0.1, 0.15) is 59.7 Å². The number of hydrogen-bond donors (Lipinski definition) is 3. The summed E-state index contributed by atoms with van der Waals surface area (Å²) in [7, 11) is 3.16. The summed E-state index contributed by atoms with van der Waals surface area (Å²) >= 11 is 0. The zero-order valence-corrected chi connectivity index (χ0v) is 23.7. The first-order valence-electron chi connectivity index (χ1n) is 13.8. The van der Waals surface area contributed by atoms with Crippen LogP contribution in [0.4, 0.5) is 4.39 Å². The van der Waals surface area contributed by atoms with E-state index in [0.717, 1.165) is 29.5 Å². The third kappa shape index (κ3) is 5.57. The van der Waals surface area contributed by atoms with Gasteiger partial charge in [-0.25, -0.2) is 4.39 Å². The van der Waals surface area contributed by atoms with Crippen molar-refractivity contribution >= 4 is 17.4 Å². The largest absolute Gasteiger partial charge is 0.497 e. The molecule has 2 atom stereocenters. The first-order chi connectivity index (χ1) is 19.6. The number of carboxylic acids is 1. The second-order valence-electron chi connectivity index (χ2n) is 11.2. The van der Waals surface area contributed by atoms with Crippen LogP contribution in [0.2, 0.25) is 0 Å². The Bertz CT molecular complexity index is 1530. The highest BCUT2D eigenvalue weighted by molar-refractivity contribution is 5.97. The molecule has 3 N–H and O–H groups in total. The number of rotatable bonds is 9. The van der Waals surface area contributed by atoms with Crippen LogP contribution < -0.4 is 20.1 Å². The number of fused-ring (bicyclic) bond motifs is 1. The van der Waals surface area contributed by atoms with Crippen molar-refractivity contribution in [2.75, 3.05) is 20.7 Å². The van der Waals surface area contributed by atoms with Crippen LogP contribution in [0.5, 0.6) is 11.5 Å². The molecule has 41 heavy (non-hydrogen) atoms. The summed E-state index contributed by atoms with van der Waals surface area (Å²) in [6.07, 6.45) is 4.20. The van der Waals surface area contributed by atoms with Gasteiger partial charge in [-0.3, -0.25) is 9.59 Å². The number of carbonyl (C=O) groups is 2. The van der Waals surface area contributed by atoms with Crippen molar-refractivity contribution in [2.24, 2.45) is 5.41 Å². The monoisotopic (exact) mass is 558 g/mol. The predicted octanol–water partition coefficient (Wildman–Crippen LogP) is 5.78. The lowest BCUT2D eigenvalue weighted by Gasteiger charge is -2.30. The fraction of sp³-hybridized carbons (Fsp3) is 0.333. The number of ether oxygens (including phenoxy) is 2. The molecule has 214 valence electrons. The van der Waals surface area contributed by atoms with Crippen molar-refractivity contribution in [3.05, 3.63) is 88.7 Å². The summed E-state index contributed by atoms with van der Waals surface area (Å²) in [4.78, 5) is 24.3. The lowest BCUT2D eigenvalue weighted by atomic mass is 9.79. The van der Waals surface area contributed by atoms with Gasteiger partial charge in [-0.2, -0.15) is 0 Å². The van der Waals surface area contributed by atoms with Crippen molar-refractivity contribution in [1.82, 2.24) is 10.6 Å². The number of benzene rings is 3. The fourth-order valence-corrected chi connectivity index (χ4v) is 5.95. The minimum absolute atomic E-state index is 0.0638. The van der Waals surface area contributed by atoms with Gasteiger partial charge < -0.3 is 25.2 Å². The zero-order chi connectivity index (χ0) is 29.3. The normalized spacial score (nSPS) is 18.2. The van der Waals surface area contributed by atoms with Crippen molar-refractivity contribution in [3.8, 4) is 22.6 Å². The van der Waals surface area contributed by atoms with E-state index in [1.165, 1.54) is 11.6 Å². The fourth-order valence-electron chi connectivity index (χ4n) is 5.95. The first kappa shape index (κ1) is 28.4. The molecule has 3 aromatic rings. The molecule has 0 saturated carbocycles. The summed E-state index contributed by atoms with van der Waals surface area (Å²) in [5.74, 6) is -0.873. The quantitative estimate of drug-likeness (QED) is 0.308. The van der Waals surface area contributed by atoms with E-state index in [0.29, 0.717) is 28.2 Å². The van der Waals surface area contributed by atoms with Crippen LogP contribution in [0.3, 0.4) is 0 Å². The lowest BCUT2D eigenvalue weighted by molar-refractivity contribution is -0.140. The SMILES string of the molecule is CNC(C(=O)O)C1CNC(=O)c2ccc(OCc3ccc(-c4cc(OC)ccc4F)c(C4=CCCC4(C)C)c3)cc21. The Morgan fingerprint density at radius 2 is 1.83 bits per heavy atom. The third-order valence-corrected chi connectivity index (χ3v) is 8.22. The van der Waals surface area contributed by atoms with E-state index in [2.05, 4.69) is 36.6 Å². The van der Waals surface area contributed by atoms with Crippen LogP contribution in [-0.4, -0.2) is 43.7 Å². The van der Waals surface area contributed by atoms with Gasteiger partial charge in [0.15, 0.2) is 0 Å². The van der Waals surface area contributed by atoms with E-state index >= 15 is 4.39 Å². The average Bonchev–Trinajstić information content (AvgIpc) is 3.32. The number of carboxylic acid groups (broad SMARTS) is 1. The molecule has 0 saturated heterocycles. The number of methoxy groups -OCH3 is 1. The maximum absolute atomic E-state index is 15.1. The smallest absolute Gasteiger partial charge is 0.321 e. The zero-order valence-electron chi connectivity index (χ0n) is 23.7. The Morgan fingerprint density at radius 3 is 2.51 bits per heavy atom. The Hall–Kier alpha value is -4.17. The van der Waals surface area contributed by atoms with E-state index in [-0.39, 0.29) is 30.3 Å². The average molecular weight is 559 g/mol. The molecule has 3 aromatic carbocycles. The highest BCUT2D eigenvalue weighted by Crippen LogP contribution is 2.47. The van der Waals surface area contributed by atoms with E-state index in [4.69, 9.17) is 9.47 Å². The molecular weight excluding hydrogens is 523 g/mol. The number of halogens is 1. The number of nitrogens with one attached hydrogen (secondary N) is 2. The van der Waals surface area contributed by atoms with E-state index < -0.39 is 17.9 Å². The van der Waals surface area contributed by atoms with E-state index in [1.54, 1.807) is 44.5 Å². The molecule has 1 heterocycles. The van der Waals surface area contributed by atoms with Crippen molar-refractivity contribution < 1.29 is 28.6 Å². The molecule has 8 heteroatoms. The van der Waals surface area contributed by atoms with Gasteiger partial charge in [0.25, 0.3) is 5.91 Å². The van der Waals surface area contributed by atoms with Crippen LogP contribution in [0.15, 0.2) is 60.7 Å². The standard InChI is InChI=1S/C33H35FN2O5/c1-33(2)13-5-6-28(33)25-14-19(7-10-22(25)26-15-20(40-4)9-12-29(26)34)18-41-21-8-11-23-24(16-21)27(17-36-31(23)37)30(35-3)32(38)39/h6-12,14-16,27,30,35H,5,13,17-18H2,1-4H3,(H,36,37)(H,38,39). The van der Waals surface area contributed by atoms with Gasteiger partial charge in [-0.05, 0) is 95.6 Å². The highest BCUT2D eigenvalue weighted by Gasteiger charge is 2.35. The van der Waals surface area contributed by atoms with Gasteiger partial charge in [-0.15, -0.1) is 0 Å². The molecule has 2 aliphatic rings. The summed E-state index contributed by atoms with van der Waals surface area (Å²) < 4.78 is 26.6. The molecule has 0 aromatic heterocycles. The van der Waals surface area contributed by atoms with Gasteiger partial charge in [-0.1, -0.05) is 32.1 Å². The van der Waals surface area contributed by atoms with Crippen molar-refractivity contribution in [1.29, 1.82) is 0 Å². The number of allylic oxidation sites excluding steroid dienone is 2. The Morgan fingerprint density at radius 1 is 1.07 bits per heavy atom. The minimum Gasteiger partial charge on any atom is -0.497 e. The number of likely N-dealkylation sites (N-methyl/N-ethyl adjacent to an activating group) is 1. The lowest BCUT2D eigenvalue weighted by Crippen LogP contribution is -2.47. The maximum Gasteiger partial charge on any atom is 0.321 e. The Balaban J connectivity index is 1.48. The molecule has 1 aliphatic heterocycles. The predicted molar refractivity (Wildman–Crippen MR) is 156 cm³/mol. The molecule has 7 nitrogen and oxygen atoms in total.